The highest BCUT2D eigenvalue weighted by atomic mass is 16.2. The molecule has 0 aromatic carbocycles. The Kier molecular flexibility index (Phi) is 5.56. The normalized spacial score (nSPS) is 22.4. The van der Waals surface area contributed by atoms with E-state index < -0.39 is 5.66 Å². The third-order valence-electron chi connectivity index (χ3n) is 4.77. The largest absolute Gasteiger partial charge is 0.348 e. The van der Waals surface area contributed by atoms with Gasteiger partial charge in [-0.3, -0.25) is 23.9 Å². The van der Waals surface area contributed by atoms with Crippen molar-refractivity contribution in [3.8, 4) is 0 Å². The summed E-state index contributed by atoms with van der Waals surface area (Å²) in [6, 6.07) is 0. The van der Waals surface area contributed by atoms with Gasteiger partial charge >= 0.3 is 11.6 Å². The van der Waals surface area contributed by atoms with Crippen LogP contribution in [0.15, 0.2) is 0 Å². The molecule has 0 bridgehead atoms. The molecule has 122 valence electrons. The highest BCUT2D eigenvalue weighted by Gasteiger charge is 2.60. The lowest BCUT2D eigenvalue weighted by atomic mass is 9.93. The molecule has 0 radical (unpaired) electrons. The smallest absolute Gasteiger partial charge is 0.285 e. The molecule has 2 amide bonds. The van der Waals surface area contributed by atoms with Crippen LogP contribution >= 0.6 is 0 Å². The van der Waals surface area contributed by atoms with E-state index in [0.29, 0.717) is 15.4 Å². The van der Waals surface area contributed by atoms with Gasteiger partial charge in [-0.05, 0) is 12.8 Å². The fourth-order valence-electron chi connectivity index (χ4n) is 3.77. The number of hydrogen-bond acceptors (Lipinski definition) is 2. The molecule has 1 N–H and O–H groups in total. The molecular weight excluding hydrogens is 266 g/mol. The quantitative estimate of drug-likeness (QED) is 0.477. The Balaban J connectivity index is 3.25. The zero-order valence-electron chi connectivity index (χ0n) is 14.7. The number of rotatable bonds is 2. The number of nitrogens with zero attached hydrogens (tertiary/aromatic N) is 2. The number of likely N-dealkylation sites (N-methyl/N-ethyl adjacent to an activating group) is 2. The molecule has 0 unspecified atom stereocenters. The number of carbonyl (C=O) groups excluding carboxylic acids is 2. The molecule has 0 aliphatic carbocycles. The van der Waals surface area contributed by atoms with E-state index >= 15 is 0 Å². The summed E-state index contributed by atoms with van der Waals surface area (Å²) in [5.74, 6) is -0.262. The minimum atomic E-state index is -0.653. The maximum Gasteiger partial charge on any atom is 0.348 e. The van der Waals surface area contributed by atoms with Gasteiger partial charge in [-0.25, -0.2) is 0 Å². The van der Waals surface area contributed by atoms with Gasteiger partial charge in [0.25, 0.3) is 0 Å². The van der Waals surface area contributed by atoms with Crippen LogP contribution in [0.25, 0.3) is 0 Å². The molecule has 0 atom stereocenters. The summed E-state index contributed by atoms with van der Waals surface area (Å²) in [6.07, 6.45) is 6.49. The Morgan fingerprint density at radius 3 is 1.81 bits per heavy atom. The molecule has 1 heterocycles. The predicted octanol–water partition coefficient (Wildman–Crippen LogP) is 1.48. The van der Waals surface area contributed by atoms with Crippen molar-refractivity contribution < 1.29 is 18.6 Å². The molecule has 5 heteroatoms. The second kappa shape index (κ2) is 6.44. The Labute approximate surface area is 129 Å². The number of quaternary nitrogens is 2. The highest BCUT2D eigenvalue weighted by molar-refractivity contribution is 5.98. The van der Waals surface area contributed by atoms with E-state index in [9.17, 15) is 9.59 Å². The lowest BCUT2D eigenvalue weighted by Gasteiger charge is -2.51. The van der Waals surface area contributed by atoms with Crippen molar-refractivity contribution in [1.29, 1.82) is 0 Å². The SMILES string of the molecule is C[N+](C)(C)C1([N+](C)(C)C)CCCCCCCC(=O)NC1=O. The van der Waals surface area contributed by atoms with Crippen molar-refractivity contribution in [2.24, 2.45) is 0 Å². The fraction of sp³-hybridized carbons (Fsp3) is 0.875. The summed E-state index contributed by atoms with van der Waals surface area (Å²) >= 11 is 0. The van der Waals surface area contributed by atoms with Crippen LogP contribution in [0.2, 0.25) is 0 Å². The maximum atomic E-state index is 13.0. The van der Waals surface area contributed by atoms with Crippen LogP contribution in [0.4, 0.5) is 0 Å². The molecule has 1 rings (SSSR count). The van der Waals surface area contributed by atoms with E-state index in [2.05, 4.69) is 5.32 Å². The van der Waals surface area contributed by atoms with E-state index in [1.807, 2.05) is 42.3 Å². The number of carbonyl (C=O) groups is 2. The van der Waals surface area contributed by atoms with Crippen molar-refractivity contribution in [1.82, 2.24) is 5.32 Å². The maximum absolute atomic E-state index is 13.0. The predicted molar refractivity (Wildman–Crippen MR) is 84.3 cm³/mol. The zero-order valence-corrected chi connectivity index (χ0v) is 14.7. The van der Waals surface area contributed by atoms with Gasteiger partial charge < -0.3 is 0 Å². The molecule has 0 saturated carbocycles. The summed E-state index contributed by atoms with van der Waals surface area (Å²) in [5.41, 5.74) is -0.653. The number of hydrogen-bond donors (Lipinski definition) is 1. The van der Waals surface area contributed by atoms with Gasteiger partial charge in [0.15, 0.2) is 0 Å². The minimum Gasteiger partial charge on any atom is -0.285 e. The van der Waals surface area contributed by atoms with Crippen LogP contribution in [-0.2, 0) is 9.59 Å². The Bertz CT molecular complexity index is 377. The van der Waals surface area contributed by atoms with Crippen LogP contribution in [-0.4, -0.2) is 68.7 Å². The molecule has 0 aromatic rings. The van der Waals surface area contributed by atoms with Crippen molar-refractivity contribution >= 4 is 11.8 Å². The average Bonchev–Trinajstić information content (AvgIpc) is 2.31. The summed E-state index contributed by atoms with van der Waals surface area (Å²) in [5, 5.41) is 2.67. The summed E-state index contributed by atoms with van der Waals surface area (Å²) in [7, 11) is 12.3. The van der Waals surface area contributed by atoms with Gasteiger partial charge in [0.2, 0.25) is 5.91 Å². The minimum absolute atomic E-state index is 0.130. The molecule has 21 heavy (non-hydrogen) atoms. The van der Waals surface area contributed by atoms with E-state index in [1.54, 1.807) is 0 Å². The third-order valence-corrected chi connectivity index (χ3v) is 4.77. The summed E-state index contributed by atoms with van der Waals surface area (Å²) in [4.78, 5) is 25.0. The molecular formula is C16H33N3O2+2. The molecule has 5 nitrogen and oxygen atoms in total. The van der Waals surface area contributed by atoms with Gasteiger partial charge in [0.05, 0.1) is 48.7 Å². The zero-order chi connectivity index (χ0) is 16.3. The lowest BCUT2D eigenvalue weighted by molar-refractivity contribution is -1.11. The number of amides is 2. The van der Waals surface area contributed by atoms with E-state index in [0.717, 1.165) is 38.5 Å². The Hall–Kier alpha value is -0.940. The summed E-state index contributed by atoms with van der Waals surface area (Å²) < 4.78 is 1.02. The second-order valence-electron chi connectivity index (χ2n) is 7.99. The Morgan fingerprint density at radius 1 is 0.810 bits per heavy atom. The molecule has 0 spiro atoms. The first-order valence-electron chi connectivity index (χ1n) is 8.00. The Morgan fingerprint density at radius 2 is 1.29 bits per heavy atom. The monoisotopic (exact) mass is 299 g/mol. The van der Waals surface area contributed by atoms with Gasteiger partial charge in [0, 0.05) is 6.42 Å². The lowest BCUT2D eigenvalue weighted by Crippen LogP contribution is -2.77. The van der Waals surface area contributed by atoms with Crippen molar-refractivity contribution in [2.75, 3.05) is 42.3 Å². The van der Waals surface area contributed by atoms with Gasteiger partial charge in [-0.15, -0.1) is 0 Å². The van der Waals surface area contributed by atoms with Gasteiger partial charge in [-0.2, -0.15) is 0 Å². The number of nitrogens with one attached hydrogen (secondary N) is 1. The average molecular weight is 299 g/mol. The van der Waals surface area contributed by atoms with Crippen molar-refractivity contribution in [2.45, 2.75) is 50.6 Å². The summed E-state index contributed by atoms with van der Waals surface area (Å²) in [6.45, 7) is 0. The first kappa shape index (κ1) is 18.1. The fourth-order valence-corrected chi connectivity index (χ4v) is 3.77. The molecule has 1 aliphatic heterocycles. The number of imide groups is 1. The van der Waals surface area contributed by atoms with Gasteiger partial charge in [0.1, 0.15) is 0 Å². The topological polar surface area (TPSA) is 46.2 Å². The second-order valence-corrected chi connectivity index (χ2v) is 7.99. The molecule has 1 saturated heterocycles. The first-order chi connectivity index (χ1) is 9.52. The van der Waals surface area contributed by atoms with Crippen LogP contribution in [0.5, 0.6) is 0 Å². The first-order valence-corrected chi connectivity index (χ1v) is 8.00. The van der Waals surface area contributed by atoms with Crippen LogP contribution < -0.4 is 5.32 Å². The van der Waals surface area contributed by atoms with Crippen LogP contribution in [0.3, 0.4) is 0 Å². The van der Waals surface area contributed by atoms with E-state index in [4.69, 9.17) is 0 Å². The third kappa shape index (κ3) is 3.83. The van der Waals surface area contributed by atoms with Crippen LogP contribution in [0.1, 0.15) is 44.9 Å². The van der Waals surface area contributed by atoms with E-state index in [-0.39, 0.29) is 11.8 Å². The van der Waals surface area contributed by atoms with Gasteiger partial charge in [-0.1, -0.05) is 19.3 Å². The van der Waals surface area contributed by atoms with E-state index in [1.165, 1.54) is 0 Å². The van der Waals surface area contributed by atoms with Crippen molar-refractivity contribution in [3.63, 3.8) is 0 Å². The molecule has 0 aromatic heterocycles. The van der Waals surface area contributed by atoms with Crippen molar-refractivity contribution in [3.05, 3.63) is 0 Å². The molecule has 1 aliphatic rings. The standard InChI is InChI=1S/C16H32N3O2/c1-18(2,3)16(19(4,5)6)13-11-9-7-8-10-12-14(20)17-15(16)21/h7-13H2,1-6H3/q+1/p+1. The van der Waals surface area contributed by atoms with Crippen LogP contribution in [0, 0.1) is 0 Å². The highest BCUT2D eigenvalue weighted by Crippen LogP contribution is 2.33. The molecule has 1 fully saturated rings.